The van der Waals surface area contributed by atoms with E-state index in [0.29, 0.717) is 23.0 Å². The largest absolute Gasteiger partial charge is 0.352 e. The minimum atomic E-state index is -0.669. The highest BCUT2D eigenvalue weighted by molar-refractivity contribution is 6.30. The van der Waals surface area contributed by atoms with Gasteiger partial charge in [-0.05, 0) is 54.8 Å². The van der Waals surface area contributed by atoms with Crippen LogP contribution in [0.5, 0.6) is 0 Å². The molecule has 0 spiro atoms. The van der Waals surface area contributed by atoms with Crippen molar-refractivity contribution in [2.24, 2.45) is 0 Å². The summed E-state index contributed by atoms with van der Waals surface area (Å²) in [6, 6.07) is 23.6. The fraction of sp³-hybridized carbons (Fsp3) is 0.259. The zero-order chi connectivity index (χ0) is 23.8. The topological polar surface area (TPSA) is 49.4 Å². The van der Waals surface area contributed by atoms with Gasteiger partial charge < -0.3 is 10.2 Å². The summed E-state index contributed by atoms with van der Waals surface area (Å²) in [5.74, 6) is -0.325. The number of halogens is 2. The first-order valence-electron chi connectivity index (χ1n) is 10.9. The van der Waals surface area contributed by atoms with Gasteiger partial charge in [0.1, 0.15) is 6.04 Å². The van der Waals surface area contributed by atoms with Gasteiger partial charge in [-0.25, -0.2) is 0 Å². The first-order chi connectivity index (χ1) is 15.8. The Hall–Kier alpha value is -2.82. The molecule has 33 heavy (non-hydrogen) atoms. The van der Waals surface area contributed by atoms with Crippen LogP contribution in [0.4, 0.5) is 0 Å². The summed E-state index contributed by atoms with van der Waals surface area (Å²) in [5.41, 5.74) is 2.68. The Morgan fingerprint density at radius 1 is 0.818 bits per heavy atom. The molecule has 172 valence electrons. The summed E-state index contributed by atoms with van der Waals surface area (Å²) >= 11 is 12.2. The molecule has 0 saturated heterocycles. The first-order valence-corrected chi connectivity index (χ1v) is 11.7. The van der Waals surface area contributed by atoms with E-state index in [1.54, 1.807) is 29.2 Å². The molecule has 0 fully saturated rings. The summed E-state index contributed by atoms with van der Waals surface area (Å²) in [5, 5.41) is 4.18. The zero-order valence-corrected chi connectivity index (χ0v) is 20.3. The van der Waals surface area contributed by atoms with Crippen LogP contribution in [0.1, 0.15) is 30.5 Å². The molecule has 3 aromatic carbocycles. The summed E-state index contributed by atoms with van der Waals surface area (Å²) < 4.78 is 0. The van der Waals surface area contributed by atoms with Crippen molar-refractivity contribution in [2.45, 2.75) is 45.3 Å². The van der Waals surface area contributed by atoms with Gasteiger partial charge in [-0.3, -0.25) is 9.59 Å². The molecular formula is C27H28Cl2N2O2. The maximum Gasteiger partial charge on any atom is 0.243 e. The maximum absolute atomic E-state index is 13.6. The van der Waals surface area contributed by atoms with E-state index in [1.807, 2.05) is 68.4 Å². The Kier molecular flexibility index (Phi) is 8.93. The Morgan fingerprint density at radius 3 is 2.12 bits per heavy atom. The van der Waals surface area contributed by atoms with Crippen LogP contribution < -0.4 is 5.32 Å². The van der Waals surface area contributed by atoms with Crippen molar-refractivity contribution in [2.75, 3.05) is 0 Å². The van der Waals surface area contributed by atoms with Crippen LogP contribution in [0.25, 0.3) is 0 Å². The monoisotopic (exact) mass is 482 g/mol. The second-order valence-corrected chi connectivity index (χ2v) is 9.20. The van der Waals surface area contributed by atoms with Crippen LogP contribution in [0, 0.1) is 0 Å². The first kappa shape index (κ1) is 24.8. The van der Waals surface area contributed by atoms with Gasteiger partial charge in [-0.2, -0.15) is 0 Å². The van der Waals surface area contributed by atoms with Gasteiger partial charge in [-0.15, -0.1) is 0 Å². The molecule has 3 rings (SSSR count). The molecule has 0 radical (unpaired) electrons. The predicted molar refractivity (Wildman–Crippen MR) is 134 cm³/mol. The van der Waals surface area contributed by atoms with Gasteiger partial charge >= 0.3 is 0 Å². The van der Waals surface area contributed by atoms with Crippen molar-refractivity contribution in [1.82, 2.24) is 10.2 Å². The number of hydrogen-bond acceptors (Lipinski definition) is 2. The van der Waals surface area contributed by atoms with Crippen LogP contribution in [-0.4, -0.2) is 28.8 Å². The van der Waals surface area contributed by atoms with Crippen molar-refractivity contribution < 1.29 is 9.59 Å². The highest BCUT2D eigenvalue weighted by Gasteiger charge is 2.30. The molecule has 1 unspecified atom stereocenters. The third-order valence-electron chi connectivity index (χ3n) is 5.21. The van der Waals surface area contributed by atoms with E-state index in [0.717, 1.165) is 16.7 Å². The second-order valence-electron chi connectivity index (χ2n) is 8.32. The molecular weight excluding hydrogens is 455 g/mol. The van der Waals surface area contributed by atoms with Crippen LogP contribution >= 0.6 is 23.2 Å². The van der Waals surface area contributed by atoms with Crippen molar-refractivity contribution in [3.63, 3.8) is 0 Å². The van der Waals surface area contributed by atoms with Gasteiger partial charge in [0.05, 0.1) is 6.42 Å². The van der Waals surface area contributed by atoms with Crippen molar-refractivity contribution >= 4 is 35.0 Å². The van der Waals surface area contributed by atoms with Crippen molar-refractivity contribution in [3.05, 3.63) is 106 Å². The Bertz CT molecular complexity index is 1070. The summed E-state index contributed by atoms with van der Waals surface area (Å²) in [6.45, 7) is 4.11. The highest BCUT2D eigenvalue weighted by Crippen LogP contribution is 2.19. The van der Waals surface area contributed by atoms with Crippen LogP contribution in [0.2, 0.25) is 10.0 Å². The number of amides is 2. The van der Waals surface area contributed by atoms with Crippen LogP contribution in [0.3, 0.4) is 0 Å². The fourth-order valence-electron chi connectivity index (χ4n) is 3.64. The molecule has 0 saturated carbocycles. The molecule has 4 nitrogen and oxygen atoms in total. The Labute approximate surface area is 205 Å². The SMILES string of the molecule is CC(C)NC(=O)C(Cc1ccccc1)N(Cc1ccc(Cl)cc1)C(=O)Cc1cccc(Cl)c1. The van der Waals surface area contributed by atoms with E-state index >= 15 is 0 Å². The number of hydrogen-bond donors (Lipinski definition) is 1. The van der Waals surface area contributed by atoms with Gasteiger partial charge in [0.25, 0.3) is 0 Å². The minimum absolute atomic E-state index is 0.0452. The molecule has 0 heterocycles. The lowest BCUT2D eigenvalue weighted by atomic mass is 10.0. The molecule has 2 amide bonds. The zero-order valence-electron chi connectivity index (χ0n) is 18.8. The Balaban J connectivity index is 1.96. The van der Waals surface area contributed by atoms with Crippen molar-refractivity contribution in [3.8, 4) is 0 Å². The highest BCUT2D eigenvalue weighted by atomic mass is 35.5. The van der Waals surface area contributed by atoms with Gasteiger partial charge in [0, 0.05) is 29.1 Å². The predicted octanol–water partition coefficient (Wildman–Crippen LogP) is 5.70. The lowest BCUT2D eigenvalue weighted by molar-refractivity contribution is -0.141. The van der Waals surface area contributed by atoms with Gasteiger partial charge in [0.15, 0.2) is 0 Å². The van der Waals surface area contributed by atoms with Gasteiger partial charge in [-0.1, -0.05) is 77.8 Å². The van der Waals surface area contributed by atoms with Crippen LogP contribution in [0.15, 0.2) is 78.9 Å². The summed E-state index contributed by atoms with van der Waals surface area (Å²) in [4.78, 5) is 28.6. The lowest BCUT2D eigenvalue weighted by Gasteiger charge is -2.32. The average molecular weight is 483 g/mol. The molecule has 3 aromatic rings. The number of nitrogens with zero attached hydrogens (tertiary/aromatic N) is 1. The molecule has 0 aromatic heterocycles. The normalized spacial score (nSPS) is 11.8. The molecule has 1 N–H and O–H groups in total. The van der Waals surface area contributed by atoms with E-state index in [1.165, 1.54) is 0 Å². The molecule has 1 atom stereocenters. The van der Waals surface area contributed by atoms with Crippen LogP contribution in [-0.2, 0) is 29.0 Å². The fourth-order valence-corrected chi connectivity index (χ4v) is 3.98. The van der Waals surface area contributed by atoms with Gasteiger partial charge in [0.2, 0.25) is 11.8 Å². The third kappa shape index (κ3) is 7.62. The molecule has 0 bridgehead atoms. The lowest BCUT2D eigenvalue weighted by Crippen LogP contribution is -2.52. The summed E-state index contributed by atoms with van der Waals surface area (Å²) in [7, 11) is 0. The van der Waals surface area contributed by atoms with E-state index in [9.17, 15) is 9.59 Å². The maximum atomic E-state index is 13.6. The minimum Gasteiger partial charge on any atom is -0.352 e. The summed E-state index contributed by atoms with van der Waals surface area (Å²) in [6.07, 6.45) is 0.558. The number of nitrogens with one attached hydrogen (secondary N) is 1. The quantitative estimate of drug-likeness (QED) is 0.425. The van der Waals surface area contributed by atoms with E-state index < -0.39 is 6.04 Å². The van der Waals surface area contributed by atoms with Crippen molar-refractivity contribution in [1.29, 1.82) is 0 Å². The number of carbonyl (C=O) groups excluding carboxylic acids is 2. The van der Waals surface area contributed by atoms with E-state index in [-0.39, 0.29) is 24.3 Å². The number of benzene rings is 3. The average Bonchev–Trinajstić information content (AvgIpc) is 2.77. The third-order valence-corrected chi connectivity index (χ3v) is 5.70. The van der Waals surface area contributed by atoms with E-state index in [4.69, 9.17) is 23.2 Å². The molecule has 0 aliphatic rings. The smallest absolute Gasteiger partial charge is 0.243 e. The van der Waals surface area contributed by atoms with E-state index in [2.05, 4.69) is 5.32 Å². The molecule has 0 aliphatic carbocycles. The standard InChI is InChI=1S/C27H28Cl2N2O2/c1-19(2)30-27(33)25(16-20-7-4-3-5-8-20)31(18-21-11-13-23(28)14-12-21)26(32)17-22-9-6-10-24(29)15-22/h3-15,19,25H,16-18H2,1-2H3,(H,30,33). The Morgan fingerprint density at radius 2 is 1.48 bits per heavy atom. The number of rotatable bonds is 9. The number of carbonyl (C=O) groups is 2. The molecule has 0 aliphatic heterocycles. The second kappa shape index (κ2) is 11.9. The molecule has 6 heteroatoms.